The van der Waals surface area contributed by atoms with Gasteiger partial charge in [0.1, 0.15) is 0 Å². The predicted octanol–water partition coefficient (Wildman–Crippen LogP) is 1.75. The first-order valence-corrected chi connectivity index (χ1v) is 12.4. The van der Waals surface area contributed by atoms with Crippen LogP contribution in [0.3, 0.4) is 0 Å². The van der Waals surface area contributed by atoms with Gasteiger partial charge in [-0.25, -0.2) is 8.42 Å². The van der Waals surface area contributed by atoms with Crippen molar-refractivity contribution in [3.05, 3.63) is 65.0 Å². The van der Waals surface area contributed by atoms with Crippen LogP contribution in [0.15, 0.2) is 64.4 Å². The van der Waals surface area contributed by atoms with Crippen LogP contribution in [-0.2, 0) is 21.4 Å². The van der Waals surface area contributed by atoms with Gasteiger partial charge in [-0.1, -0.05) is 19.1 Å². The molecule has 0 unspecified atom stereocenters. The highest BCUT2D eigenvalue weighted by Crippen LogP contribution is 2.20. The van der Waals surface area contributed by atoms with Gasteiger partial charge in [0.2, 0.25) is 21.4 Å². The van der Waals surface area contributed by atoms with Crippen molar-refractivity contribution in [2.45, 2.75) is 24.8 Å². The lowest BCUT2D eigenvalue weighted by molar-refractivity contribution is -0.116. The molecule has 9 nitrogen and oxygen atoms in total. The zero-order valence-corrected chi connectivity index (χ0v) is 19.3. The molecule has 174 valence electrons. The van der Waals surface area contributed by atoms with Crippen molar-refractivity contribution in [1.82, 2.24) is 19.0 Å². The number of likely N-dealkylation sites (N-methyl/N-ethyl adjacent to an activating group) is 1. The molecule has 33 heavy (non-hydrogen) atoms. The quantitative estimate of drug-likeness (QED) is 0.565. The van der Waals surface area contributed by atoms with Crippen LogP contribution in [-0.4, -0.2) is 66.0 Å². The Kier molecular flexibility index (Phi) is 6.87. The standard InChI is InChI=1S/C23H27N5O4S/c1-2-26-13-15-27(16-14-26)33(31,32)19-9-7-18(8-10-19)25-23(30)11-12-28-21-6-4-3-5-20(21)22(29)17-24-28/h3-10,17H,2,11-16H2,1H3,(H,25,30). The van der Waals surface area contributed by atoms with Crippen LogP contribution in [0.25, 0.3) is 10.9 Å². The summed E-state index contributed by atoms with van der Waals surface area (Å²) in [5, 5.41) is 7.47. The minimum atomic E-state index is -3.55. The number of nitrogens with zero attached hydrogens (tertiary/aromatic N) is 4. The predicted molar refractivity (Wildman–Crippen MR) is 127 cm³/mol. The number of hydrogen-bond donors (Lipinski definition) is 1. The molecule has 2 aromatic carbocycles. The van der Waals surface area contributed by atoms with E-state index >= 15 is 0 Å². The molecule has 0 atom stereocenters. The van der Waals surface area contributed by atoms with Gasteiger partial charge in [-0.15, -0.1) is 0 Å². The van der Waals surface area contributed by atoms with Gasteiger partial charge in [0.05, 0.1) is 23.2 Å². The van der Waals surface area contributed by atoms with Crippen LogP contribution in [0.5, 0.6) is 0 Å². The largest absolute Gasteiger partial charge is 0.326 e. The van der Waals surface area contributed by atoms with Crippen molar-refractivity contribution >= 4 is 32.5 Å². The second kappa shape index (κ2) is 9.82. The fraction of sp³-hybridized carbons (Fsp3) is 0.348. The third kappa shape index (κ3) is 5.13. The van der Waals surface area contributed by atoms with E-state index in [0.29, 0.717) is 36.2 Å². The molecule has 1 fully saturated rings. The summed E-state index contributed by atoms with van der Waals surface area (Å²) in [5.41, 5.74) is 1.04. The minimum Gasteiger partial charge on any atom is -0.326 e. The number of piperazine rings is 1. The first-order valence-electron chi connectivity index (χ1n) is 11.0. The van der Waals surface area contributed by atoms with Crippen LogP contribution in [0.1, 0.15) is 13.3 Å². The average molecular weight is 470 g/mol. The molecule has 1 amide bonds. The van der Waals surface area contributed by atoms with Crippen molar-refractivity contribution in [1.29, 1.82) is 0 Å². The van der Waals surface area contributed by atoms with E-state index in [0.717, 1.165) is 19.6 Å². The maximum absolute atomic E-state index is 12.9. The highest BCUT2D eigenvalue weighted by atomic mass is 32.2. The molecule has 0 radical (unpaired) electrons. The number of rotatable bonds is 7. The van der Waals surface area contributed by atoms with Crippen LogP contribution < -0.4 is 10.7 Å². The molecule has 0 spiro atoms. The summed E-state index contributed by atoms with van der Waals surface area (Å²) in [6, 6.07) is 13.4. The van der Waals surface area contributed by atoms with Crippen LogP contribution in [0, 0.1) is 0 Å². The van der Waals surface area contributed by atoms with E-state index in [4.69, 9.17) is 0 Å². The minimum absolute atomic E-state index is 0.154. The smallest absolute Gasteiger partial charge is 0.243 e. The number of aryl methyl sites for hydroxylation is 1. The topological polar surface area (TPSA) is 105 Å². The zero-order valence-electron chi connectivity index (χ0n) is 18.5. The van der Waals surface area contributed by atoms with Crippen molar-refractivity contribution in [3.8, 4) is 0 Å². The van der Waals surface area contributed by atoms with Crippen LogP contribution >= 0.6 is 0 Å². The number of carbonyl (C=O) groups is 1. The molecule has 1 aromatic heterocycles. The molecule has 1 aliphatic heterocycles. The third-order valence-electron chi connectivity index (χ3n) is 5.87. The molecular weight excluding hydrogens is 442 g/mol. The Labute approximate surface area is 192 Å². The maximum atomic E-state index is 12.9. The van der Waals surface area contributed by atoms with E-state index in [9.17, 15) is 18.0 Å². The number of anilines is 1. The van der Waals surface area contributed by atoms with E-state index in [1.165, 1.54) is 22.6 Å². The van der Waals surface area contributed by atoms with Crippen molar-refractivity contribution in [2.24, 2.45) is 0 Å². The summed E-state index contributed by atoms with van der Waals surface area (Å²) in [5.74, 6) is -0.231. The lowest BCUT2D eigenvalue weighted by Gasteiger charge is -2.33. The molecule has 0 saturated carbocycles. The summed E-state index contributed by atoms with van der Waals surface area (Å²) in [6.45, 7) is 5.69. The lowest BCUT2D eigenvalue weighted by atomic mass is 10.2. The second-order valence-electron chi connectivity index (χ2n) is 7.91. The van der Waals surface area contributed by atoms with Gasteiger partial charge in [0, 0.05) is 43.7 Å². The highest BCUT2D eigenvalue weighted by Gasteiger charge is 2.27. The van der Waals surface area contributed by atoms with Gasteiger partial charge in [-0.05, 0) is 42.9 Å². The summed E-state index contributed by atoms with van der Waals surface area (Å²) in [7, 11) is -3.55. The Hall–Kier alpha value is -3.08. The van der Waals surface area contributed by atoms with Gasteiger partial charge >= 0.3 is 0 Å². The molecule has 1 N–H and O–H groups in total. The van der Waals surface area contributed by atoms with Gasteiger partial charge in [-0.2, -0.15) is 9.40 Å². The lowest BCUT2D eigenvalue weighted by Crippen LogP contribution is -2.48. The number of nitrogens with one attached hydrogen (secondary N) is 1. The van der Waals surface area contributed by atoms with E-state index in [2.05, 4.69) is 22.2 Å². The molecule has 2 heterocycles. The Morgan fingerprint density at radius 3 is 2.42 bits per heavy atom. The van der Waals surface area contributed by atoms with Crippen molar-refractivity contribution in [2.75, 3.05) is 38.0 Å². The van der Waals surface area contributed by atoms with E-state index < -0.39 is 10.0 Å². The van der Waals surface area contributed by atoms with Gasteiger partial charge in [-0.3, -0.25) is 14.3 Å². The third-order valence-corrected chi connectivity index (χ3v) is 7.78. The summed E-state index contributed by atoms with van der Waals surface area (Å²) in [4.78, 5) is 26.8. The van der Waals surface area contributed by atoms with Crippen molar-refractivity contribution in [3.63, 3.8) is 0 Å². The Morgan fingerprint density at radius 2 is 1.73 bits per heavy atom. The van der Waals surface area contributed by atoms with Gasteiger partial charge < -0.3 is 10.2 Å². The van der Waals surface area contributed by atoms with E-state index in [1.54, 1.807) is 35.0 Å². The Bertz CT molecular complexity index is 1300. The number of hydrogen-bond acceptors (Lipinski definition) is 6. The zero-order chi connectivity index (χ0) is 23.4. The highest BCUT2D eigenvalue weighted by molar-refractivity contribution is 7.89. The fourth-order valence-corrected chi connectivity index (χ4v) is 5.34. The number of carbonyl (C=O) groups excluding carboxylic acids is 1. The van der Waals surface area contributed by atoms with Gasteiger partial charge in [0.25, 0.3) is 0 Å². The van der Waals surface area contributed by atoms with E-state index in [1.807, 2.05) is 6.07 Å². The van der Waals surface area contributed by atoms with E-state index in [-0.39, 0.29) is 22.7 Å². The SMILES string of the molecule is CCN1CCN(S(=O)(=O)c2ccc(NC(=O)CCn3ncc(=O)c4ccccc43)cc2)CC1. The fourth-order valence-electron chi connectivity index (χ4n) is 3.92. The molecule has 1 aliphatic rings. The molecule has 10 heteroatoms. The summed E-state index contributed by atoms with van der Waals surface area (Å²) in [6.07, 6.45) is 1.41. The number of fused-ring (bicyclic) bond motifs is 1. The molecule has 0 bridgehead atoms. The number of amides is 1. The monoisotopic (exact) mass is 469 g/mol. The molecular formula is C23H27N5O4S. The first kappa shape index (κ1) is 23.1. The molecule has 4 rings (SSSR count). The maximum Gasteiger partial charge on any atom is 0.243 e. The molecule has 0 aliphatic carbocycles. The number of para-hydroxylation sites is 1. The Balaban J connectivity index is 1.37. The summed E-state index contributed by atoms with van der Waals surface area (Å²) >= 11 is 0. The second-order valence-corrected chi connectivity index (χ2v) is 9.85. The molecule has 3 aromatic rings. The number of benzene rings is 2. The number of sulfonamides is 1. The Morgan fingerprint density at radius 1 is 1.03 bits per heavy atom. The van der Waals surface area contributed by atoms with Gasteiger partial charge in [0.15, 0.2) is 0 Å². The van der Waals surface area contributed by atoms with Crippen LogP contribution in [0.4, 0.5) is 5.69 Å². The average Bonchev–Trinajstić information content (AvgIpc) is 2.84. The normalized spacial score (nSPS) is 15.5. The van der Waals surface area contributed by atoms with Crippen LogP contribution in [0.2, 0.25) is 0 Å². The van der Waals surface area contributed by atoms with Crippen molar-refractivity contribution < 1.29 is 13.2 Å². The molecule has 1 saturated heterocycles. The summed E-state index contributed by atoms with van der Waals surface area (Å²) < 4.78 is 28.9. The first-order chi connectivity index (χ1) is 15.9. The number of aromatic nitrogens is 2.